The molecule has 1 aliphatic heterocycles. The van der Waals surface area contributed by atoms with Crippen molar-refractivity contribution < 1.29 is 9.21 Å². The third kappa shape index (κ3) is 2.85. The summed E-state index contributed by atoms with van der Waals surface area (Å²) in [4.78, 5) is 11.7. The second-order valence-electron chi connectivity index (χ2n) is 4.30. The van der Waals surface area contributed by atoms with Gasteiger partial charge in [0.05, 0.1) is 5.56 Å². The Kier molecular flexibility index (Phi) is 3.62. The van der Waals surface area contributed by atoms with Crippen molar-refractivity contribution in [2.75, 3.05) is 13.1 Å². The van der Waals surface area contributed by atoms with Gasteiger partial charge in [0.15, 0.2) is 0 Å². The van der Waals surface area contributed by atoms with Gasteiger partial charge in [0.1, 0.15) is 12.0 Å². The summed E-state index contributed by atoms with van der Waals surface area (Å²) in [7, 11) is 0. The molecule has 0 saturated carbocycles. The first-order valence-electron chi connectivity index (χ1n) is 5.82. The van der Waals surface area contributed by atoms with Crippen molar-refractivity contribution in [3.8, 4) is 0 Å². The lowest BCUT2D eigenvalue weighted by Gasteiger charge is -2.23. The van der Waals surface area contributed by atoms with Crippen LogP contribution in [0, 0.1) is 6.92 Å². The highest BCUT2D eigenvalue weighted by atomic mass is 16.3. The third-order valence-corrected chi connectivity index (χ3v) is 2.91. The number of nitrogens with one attached hydrogen (secondary N) is 2. The molecule has 4 nitrogen and oxygen atoms in total. The van der Waals surface area contributed by atoms with Crippen molar-refractivity contribution in [1.29, 1.82) is 0 Å². The van der Waals surface area contributed by atoms with Crippen LogP contribution in [0.2, 0.25) is 0 Å². The molecule has 0 bridgehead atoms. The first kappa shape index (κ1) is 11.2. The maximum atomic E-state index is 11.7. The highest BCUT2D eigenvalue weighted by Crippen LogP contribution is 2.08. The van der Waals surface area contributed by atoms with Gasteiger partial charge in [0.25, 0.3) is 5.91 Å². The van der Waals surface area contributed by atoms with Crippen molar-refractivity contribution in [2.45, 2.75) is 32.2 Å². The van der Waals surface area contributed by atoms with Crippen LogP contribution in [-0.4, -0.2) is 25.0 Å². The van der Waals surface area contributed by atoms with Gasteiger partial charge in [-0.15, -0.1) is 0 Å². The van der Waals surface area contributed by atoms with Crippen LogP contribution in [0.15, 0.2) is 16.7 Å². The van der Waals surface area contributed by atoms with E-state index in [1.165, 1.54) is 19.1 Å². The molecule has 2 heterocycles. The molecular formula is C12H18N2O2. The van der Waals surface area contributed by atoms with Gasteiger partial charge < -0.3 is 15.1 Å². The Balaban J connectivity index is 1.79. The summed E-state index contributed by atoms with van der Waals surface area (Å²) in [5, 5.41) is 6.31. The molecule has 1 amide bonds. The van der Waals surface area contributed by atoms with Crippen LogP contribution in [0.5, 0.6) is 0 Å². The second kappa shape index (κ2) is 5.16. The number of carbonyl (C=O) groups is 1. The molecule has 1 saturated heterocycles. The van der Waals surface area contributed by atoms with E-state index in [-0.39, 0.29) is 5.91 Å². The number of rotatable bonds is 3. The van der Waals surface area contributed by atoms with Crippen molar-refractivity contribution in [3.05, 3.63) is 23.7 Å². The second-order valence-corrected chi connectivity index (χ2v) is 4.30. The summed E-state index contributed by atoms with van der Waals surface area (Å²) >= 11 is 0. The monoisotopic (exact) mass is 222 g/mol. The summed E-state index contributed by atoms with van der Waals surface area (Å²) in [6, 6.07) is 2.18. The van der Waals surface area contributed by atoms with E-state index in [9.17, 15) is 4.79 Å². The molecule has 4 heteroatoms. The van der Waals surface area contributed by atoms with Crippen LogP contribution >= 0.6 is 0 Å². The van der Waals surface area contributed by atoms with E-state index >= 15 is 0 Å². The Morgan fingerprint density at radius 2 is 2.50 bits per heavy atom. The molecule has 16 heavy (non-hydrogen) atoms. The zero-order valence-electron chi connectivity index (χ0n) is 9.58. The topological polar surface area (TPSA) is 54.3 Å². The predicted molar refractivity (Wildman–Crippen MR) is 61.4 cm³/mol. The van der Waals surface area contributed by atoms with Crippen LogP contribution in [0.4, 0.5) is 0 Å². The number of furan rings is 1. The molecule has 0 aliphatic carbocycles. The fraction of sp³-hybridized carbons (Fsp3) is 0.583. The van der Waals surface area contributed by atoms with Gasteiger partial charge in [-0.25, -0.2) is 0 Å². The number of piperidine rings is 1. The van der Waals surface area contributed by atoms with Gasteiger partial charge in [-0.2, -0.15) is 0 Å². The summed E-state index contributed by atoms with van der Waals surface area (Å²) in [5.41, 5.74) is 0.605. The molecule has 1 aliphatic rings. The number of hydrogen-bond acceptors (Lipinski definition) is 3. The van der Waals surface area contributed by atoms with Gasteiger partial charge in [0.2, 0.25) is 0 Å². The lowest BCUT2D eigenvalue weighted by Crippen LogP contribution is -2.43. The third-order valence-electron chi connectivity index (χ3n) is 2.91. The molecule has 2 N–H and O–H groups in total. The van der Waals surface area contributed by atoms with Crippen LogP contribution in [0.1, 0.15) is 35.4 Å². The maximum absolute atomic E-state index is 11.7. The quantitative estimate of drug-likeness (QED) is 0.814. The van der Waals surface area contributed by atoms with E-state index in [1.54, 1.807) is 6.07 Å². The Bertz CT molecular complexity index is 354. The molecule has 0 spiro atoms. The zero-order valence-corrected chi connectivity index (χ0v) is 9.58. The lowest BCUT2D eigenvalue weighted by atomic mass is 10.1. The highest BCUT2D eigenvalue weighted by molar-refractivity contribution is 5.93. The average molecular weight is 222 g/mol. The Morgan fingerprint density at radius 3 is 3.12 bits per heavy atom. The van der Waals surface area contributed by atoms with Crippen molar-refractivity contribution in [3.63, 3.8) is 0 Å². The molecular weight excluding hydrogens is 204 g/mol. The van der Waals surface area contributed by atoms with Gasteiger partial charge in [-0.05, 0) is 32.4 Å². The first-order valence-corrected chi connectivity index (χ1v) is 5.82. The number of hydrogen-bond donors (Lipinski definition) is 2. The summed E-state index contributed by atoms with van der Waals surface area (Å²) in [5.74, 6) is 0.713. The molecule has 1 fully saturated rings. The molecule has 1 atom stereocenters. The van der Waals surface area contributed by atoms with Crippen molar-refractivity contribution in [1.82, 2.24) is 10.6 Å². The lowest BCUT2D eigenvalue weighted by molar-refractivity contribution is 0.0947. The largest absolute Gasteiger partial charge is 0.469 e. The average Bonchev–Trinajstić information content (AvgIpc) is 2.74. The van der Waals surface area contributed by atoms with Gasteiger partial charge >= 0.3 is 0 Å². The molecule has 2 rings (SSSR count). The van der Waals surface area contributed by atoms with E-state index in [4.69, 9.17) is 4.42 Å². The van der Waals surface area contributed by atoms with E-state index in [0.717, 1.165) is 18.7 Å². The fourth-order valence-corrected chi connectivity index (χ4v) is 1.98. The van der Waals surface area contributed by atoms with Gasteiger partial charge in [-0.1, -0.05) is 6.42 Å². The molecule has 1 aromatic heterocycles. The van der Waals surface area contributed by atoms with Crippen LogP contribution < -0.4 is 10.6 Å². The SMILES string of the molecule is Cc1cc(C(=O)NCC2CCCCN2)co1. The highest BCUT2D eigenvalue weighted by Gasteiger charge is 2.14. The minimum absolute atomic E-state index is 0.0516. The summed E-state index contributed by atoms with van der Waals surface area (Å²) < 4.78 is 5.10. The molecule has 1 aromatic rings. The predicted octanol–water partition coefficient (Wildman–Crippen LogP) is 1.46. The standard InChI is InChI=1S/C12H18N2O2/c1-9-6-10(8-16-9)12(15)14-7-11-4-2-3-5-13-11/h6,8,11,13H,2-5,7H2,1H3,(H,14,15). The zero-order chi connectivity index (χ0) is 11.4. The summed E-state index contributed by atoms with van der Waals surface area (Å²) in [6.45, 7) is 3.59. The number of carbonyl (C=O) groups excluding carboxylic acids is 1. The van der Waals surface area contributed by atoms with Crippen LogP contribution in [0.25, 0.3) is 0 Å². The minimum Gasteiger partial charge on any atom is -0.469 e. The molecule has 0 aromatic carbocycles. The van der Waals surface area contributed by atoms with Gasteiger partial charge in [-0.3, -0.25) is 4.79 Å². The van der Waals surface area contributed by atoms with E-state index < -0.39 is 0 Å². The Morgan fingerprint density at radius 1 is 1.62 bits per heavy atom. The Hall–Kier alpha value is -1.29. The first-order chi connectivity index (χ1) is 7.75. The van der Waals surface area contributed by atoms with Crippen molar-refractivity contribution >= 4 is 5.91 Å². The molecule has 0 radical (unpaired) electrons. The maximum Gasteiger partial charge on any atom is 0.254 e. The minimum atomic E-state index is -0.0516. The number of amides is 1. The number of aryl methyl sites for hydroxylation is 1. The normalized spacial score (nSPS) is 20.7. The van der Waals surface area contributed by atoms with Crippen molar-refractivity contribution in [2.24, 2.45) is 0 Å². The Labute approximate surface area is 95.4 Å². The molecule has 1 unspecified atom stereocenters. The fourth-order valence-electron chi connectivity index (χ4n) is 1.98. The van der Waals surface area contributed by atoms with Crippen LogP contribution in [-0.2, 0) is 0 Å². The summed E-state index contributed by atoms with van der Waals surface area (Å²) in [6.07, 6.45) is 5.13. The van der Waals surface area contributed by atoms with Crippen LogP contribution in [0.3, 0.4) is 0 Å². The smallest absolute Gasteiger partial charge is 0.254 e. The molecule has 88 valence electrons. The van der Waals surface area contributed by atoms with E-state index in [0.29, 0.717) is 18.2 Å². The van der Waals surface area contributed by atoms with E-state index in [1.807, 2.05) is 6.92 Å². The van der Waals surface area contributed by atoms with Gasteiger partial charge in [0, 0.05) is 12.6 Å². The van der Waals surface area contributed by atoms with E-state index in [2.05, 4.69) is 10.6 Å².